The molecule has 0 aromatic heterocycles. The van der Waals surface area contributed by atoms with Gasteiger partial charge in [0.25, 0.3) is 0 Å². The zero-order valence-corrected chi connectivity index (χ0v) is 5.92. The van der Waals surface area contributed by atoms with E-state index in [4.69, 9.17) is 0 Å². The minimum absolute atomic E-state index is 1.29. The maximum atomic E-state index is 9.64. The van der Waals surface area contributed by atoms with Crippen molar-refractivity contribution in [2.45, 2.75) is 0 Å². The first-order valence-electron chi connectivity index (χ1n) is 1.62. The molecule has 0 heterocycles. The number of nitrogens with zero attached hydrogens (tertiary/aromatic N) is 1. The van der Waals surface area contributed by atoms with E-state index >= 15 is 0 Å². The van der Waals surface area contributed by atoms with Crippen molar-refractivity contribution >= 4 is 20.6 Å². The lowest BCUT2D eigenvalue weighted by molar-refractivity contribution is 0.371. The lowest BCUT2D eigenvalue weighted by atomic mass is 13.0. The van der Waals surface area contributed by atoms with Gasteiger partial charge in [-0.25, -0.2) is 22.7 Å². The molecular weight excluding hydrogens is 188 g/mol. The third kappa shape index (κ3) is 2.55. The Morgan fingerprint density at radius 3 is 1.20 bits per heavy atom. The summed E-state index contributed by atoms with van der Waals surface area (Å²) in [6.07, 6.45) is 0. The van der Waals surface area contributed by atoms with Crippen molar-refractivity contribution in [3.05, 3.63) is 0 Å². The van der Waals surface area contributed by atoms with Crippen molar-refractivity contribution in [1.29, 1.82) is 0 Å². The molecule has 0 aliphatic rings. The standard InChI is InChI=1S/H4N2O6S2/c1-2(9(3,4)5)10(6,7)8/h1H2,(H,3,4,5)(H,6,7,8)/p-2. The molecular formula is H2N2O6S2-2. The summed E-state index contributed by atoms with van der Waals surface area (Å²) in [6, 6.07) is 0. The van der Waals surface area contributed by atoms with E-state index in [1.807, 2.05) is 0 Å². The van der Waals surface area contributed by atoms with E-state index in [0.29, 0.717) is 0 Å². The van der Waals surface area contributed by atoms with Crippen LogP contribution in [0.15, 0.2) is 0 Å². The fourth-order valence-electron chi connectivity index (χ4n) is 0.112. The topological polar surface area (TPSA) is 144 Å². The maximum Gasteiger partial charge on any atom is 0.188 e. The summed E-state index contributed by atoms with van der Waals surface area (Å²) in [7, 11) is -10.8. The lowest BCUT2D eigenvalue weighted by Gasteiger charge is -2.21. The van der Waals surface area contributed by atoms with Crippen molar-refractivity contribution in [1.82, 2.24) is 3.82 Å². The molecule has 0 aromatic carbocycles. The van der Waals surface area contributed by atoms with E-state index in [0.717, 1.165) is 0 Å². The molecule has 0 aliphatic carbocycles. The summed E-state index contributed by atoms with van der Waals surface area (Å²) >= 11 is 0. The second-order valence-electron chi connectivity index (χ2n) is 1.14. The predicted molar refractivity (Wildman–Crippen MR) is 25.4 cm³/mol. The van der Waals surface area contributed by atoms with E-state index in [2.05, 4.69) is 5.84 Å². The van der Waals surface area contributed by atoms with Crippen LogP contribution in [0.1, 0.15) is 0 Å². The quantitative estimate of drug-likeness (QED) is 0.279. The molecule has 10 heteroatoms. The van der Waals surface area contributed by atoms with Gasteiger partial charge in [-0.1, -0.05) is 3.82 Å². The van der Waals surface area contributed by atoms with Gasteiger partial charge in [0, 0.05) is 0 Å². The molecule has 8 nitrogen and oxygen atoms in total. The van der Waals surface area contributed by atoms with Gasteiger partial charge >= 0.3 is 0 Å². The highest BCUT2D eigenvalue weighted by molar-refractivity contribution is 7.98. The van der Waals surface area contributed by atoms with Crippen LogP contribution >= 0.6 is 0 Å². The van der Waals surface area contributed by atoms with Gasteiger partial charge in [-0.05, 0) is 0 Å². The Morgan fingerprint density at radius 1 is 1.00 bits per heavy atom. The van der Waals surface area contributed by atoms with Crippen LogP contribution in [0.25, 0.3) is 0 Å². The Balaban J connectivity index is 4.94. The minimum Gasteiger partial charge on any atom is -0.734 e. The Kier molecular flexibility index (Phi) is 2.35. The number of hydrazine groups is 1. The molecule has 0 spiro atoms. The fourth-order valence-corrected chi connectivity index (χ4v) is 1.01. The van der Waals surface area contributed by atoms with Gasteiger partial charge < -0.3 is 9.11 Å². The van der Waals surface area contributed by atoms with Crippen LogP contribution < -0.4 is 5.84 Å². The number of hydrogen-bond acceptors (Lipinski definition) is 7. The minimum atomic E-state index is -5.40. The van der Waals surface area contributed by atoms with Gasteiger partial charge in [0.15, 0.2) is 20.6 Å². The van der Waals surface area contributed by atoms with Crippen LogP contribution in [0.5, 0.6) is 0 Å². The molecule has 0 atom stereocenters. The Hall–Kier alpha value is -0.260. The summed E-state index contributed by atoms with van der Waals surface area (Å²) in [6.45, 7) is 0. The number of hydrogen-bond donors (Lipinski definition) is 1. The molecule has 0 rings (SSSR count). The van der Waals surface area contributed by atoms with Gasteiger partial charge in [-0.2, -0.15) is 0 Å². The van der Waals surface area contributed by atoms with Crippen molar-refractivity contribution in [3.63, 3.8) is 0 Å². The van der Waals surface area contributed by atoms with Gasteiger partial charge in [0.2, 0.25) is 0 Å². The molecule has 0 aromatic rings. The third-order valence-corrected chi connectivity index (χ3v) is 2.42. The first-order valence-corrected chi connectivity index (χ1v) is 4.35. The molecule has 10 heavy (non-hydrogen) atoms. The van der Waals surface area contributed by atoms with Crippen molar-refractivity contribution in [2.75, 3.05) is 0 Å². The van der Waals surface area contributed by atoms with Crippen LogP contribution in [-0.4, -0.2) is 29.8 Å². The van der Waals surface area contributed by atoms with E-state index in [1.165, 1.54) is 0 Å². The van der Waals surface area contributed by atoms with Gasteiger partial charge in [0.05, 0.1) is 0 Å². The Bertz CT molecular complexity index is 263. The number of rotatable bonds is 2. The highest BCUT2D eigenvalue weighted by Crippen LogP contribution is 1.93. The molecule has 0 aliphatic heterocycles. The van der Waals surface area contributed by atoms with Gasteiger partial charge in [-0.3, -0.25) is 0 Å². The second kappa shape index (κ2) is 2.41. The Labute approximate surface area is 57.0 Å². The monoisotopic (exact) mass is 190 g/mol. The lowest BCUT2D eigenvalue weighted by Crippen LogP contribution is -2.41. The van der Waals surface area contributed by atoms with Gasteiger partial charge in [-0.15, -0.1) is 0 Å². The highest BCUT2D eigenvalue weighted by Gasteiger charge is 2.12. The van der Waals surface area contributed by atoms with Gasteiger partial charge in [0.1, 0.15) is 0 Å². The molecule has 62 valence electrons. The molecule has 0 radical (unpaired) electrons. The highest BCUT2D eigenvalue weighted by atomic mass is 32.3. The first-order chi connectivity index (χ1) is 4.15. The molecule has 2 N–H and O–H groups in total. The second-order valence-corrected chi connectivity index (χ2v) is 3.87. The third-order valence-electron chi connectivity index (χ3n) is 0.441. The van der Waals surface area contributed by atoms with E-state index in [9.17, 15) is 25.9 Å². The molecule has 0 fully saturated rings. The molecule has 0 saturated heterocycles. The largest absolute Gasteiger partial charge is 0.734 e. The van der Waals surface area contributed by atoms with Crippen LogP contribution in [0, 0.1) is 0 Å². The zero-order chi connectivity index (χ0) is 8.58. The summed E-state index contributed by atoms with van der Waals surface area (Å²) < 4.78 is 56.6. The SMILES string of the molecule is NN(S(=O)(=O)[O-])S(=O)(=O)[O-]. The van der Waals surface area contributed by atoms with Crippen LogP contribution in [-0.2, 0) is 20.6 Å². The van der Waals surface area contributed by atoms with Crippen LogP contribution in [0.4, 0.5) is 0 Å². The fraction of sp³-hybridized carbons (Fsp3) is 0. The van der Waals surface area contributed by atoms with E-state index < -0.39 is 24.4 Å². The smallest absolute Gasteiger partial charge is 0.188 e. The van der Waals surface area contributed by atoms with Crippen LogP contribution in [0.2, 0.25) is 0 Å². The zero-order valence-electron chi connectivity index (χ0n) is 4.29. The summed E-state index contributed by atoms with van der Waals surface area (Å²) in [5.74, 6) is 4.06. The molecule has 0 unspecified atom stereocenters. The van der Waals surface area contributed by atoms with E-state index in [-0.39, 0.29) is 0 Å². The van der Waals surface area contributed by atoms with Crippen molar-refractivity contribution < 1.29 is 25.9 Å². The number of nitrogens with two attached hydrogens (primary N) is 1. The average Bonchev–Trinajstić information content (AvgIpc) is 1.59. The maximum absolute atomic E-state index is 9.64. The predicted octanol–water partition coefficient (Wildman–Crippen LogP) is -2.92. The van der Waals surface area contributed by atoms with Crippen molar-refractivity contribution in [2.24, 2.45) is 5.84 Å². The van der Waals surface area contributed by atoms with Crippen molar-refractivity contribution in [3.8, 4) is 0 Å². The summed E-state index contributed by atoms with van der Waals surface area (Å²) in [5, 5.41) is 0. The van der Waals surface area contributed by atoms with E-state index in [1.54, 1.807) is 0 Å². The molecule has 0 saturated carbocycles. The first kappa shape index (κ1) is 9.74. The Morgan fingerprint density at radius 2 is 1.20 bits per heavy atom. The average molecular weight is 190 g/mol. The molecule has 0 bridgehead atoms. The summed E-state index contributed by atoms with van der Waals surface area (Å²) in [5.41, 5.74) is 0. The normalized spacial score (nSPS) is 14.0. The molecule has 0 amide bonds. The summed E-state index contributed by atoms with van der Waals surface area (Å²) in [4.78, 5) is 0. The van der Waals surface area contributed by atoms with Crippen LogP contribution in [0.3, 0.4) is 0 Å².